The Morgan fingerprint density at radius 1 is 1.06 bits per heavy atom. The molecule has 1 aromatic heterocycles. The predicted octanol–water partition coefficient (Wildman–Crippen LogP) is 4.20. The molecule has 0 bridgehead atoms. The highest BCUT2D eigenvalue weighted by Crippen LogP contribution is 2.32. The van der Waals surface area contributed by atoms with E-state index in [2.05, 4.69) is 18.7 Å². The molecule has 0 unspecified atom stereocenters. The van der Waals surface area contributed by atoms with Crippen molar-refractivity contribution < 1.29 is 14.3 Å². The molecule has 0 spiro atoms. The molecule has 7 heteroatoms. The summed E-state index contributed by atoms with van der Waals surface area (Å²) in [5.74, 6) is 2.65. The Labute approximate surface area is 195 Å². The molecule has 0 radical (unpaired) electrons. The average molecular weight is 447 g/mol. The van der Waals surface area contributed by atoms with Gasteiger partial charge < -0.3 is 19.3 Å². The first kappa shape index (κ1) is 22.6. The lowest BCUT2D eigenvalue weighted by Gasteiger charge is -2.33. The van der Waals surface area contributed by atoms with Crippen LogP contribution in [0.3, 0.4) is 0 Å². The molecule has 2 heterocycles. The maximum Gasteiger partial charge on any atom is 0.257 e. The highest BCUT2D eigenvalue weighted by atomic mass is 16.5. The number of anilines is 1. The maximum absolute atomic E-state index is 13.4. The van der Waals surface area contributed by atoms with E-state index < -0.39 is 0 Å². The summed E-state index contributed by atoms with van der Waals surface area (Å²) in [5, 5.41) is 0. The van der Waals surface area contributed by atoms with Gasteiger partial charge in [0.05, 0.1) is 32.0 Å². The van der Waals surface area contributed by atoms with Crippen molar-refractivity contribution in [2.45, 2.75) is 32.9 Å². The number of amides is 1. The fourth-order valence-electron chi connectivity index (χ4n) is 3.97. The molecule has 1 aliphatic heterocycles. The molecule has 0 fully saturated rings. The molecule has 0 N–H and O–H groups in total. The molecule has 0 atom stereocenters. The standard InChI is InChI=1S/C26H30N4O3/c1-17(2)29(3)25-21-16-30(26(31)20-12-11-19(32-4)15-23(20)33-5)14-13-22(21)27-24(28-25)18-9-7-6-8-10-18/h6-12,15,17H,13-14,16H2,1-5H3. The third-order valence-corrected chi connectivity index (χ3v) is 6.11. The van der Waals surface area contributed by atoms with Crippen LogP contribution in [0, 0.1) is 0 Å². The van der Waals surface area contributed by atoms with Crippen molar-refractivity contribution in [1.82, 2.24) is 14.9 Å². The number of carbonyl (C=O) groups excluding carboxylic acids is 1. The van der Waals surface area contributed by atoms with Gasteiger partial charge in [0.15, 0.2) is 5.82 Å². The molecule has 7 nitrogen and oxygen atoms in total. The third-order valence-electron chi connectivity index (χ3n) is 6.11. The highest BCUT2D eigenvalue weighted by molar-refractivity contribution is 5.97. The number of methoxy groups -OCH3 is 2. The molecule has 0 saturated heterocycles. The SMILES string of the molecule is COc1ccc(C(=O)N2CCc3nc(-c4ccccc4)nc(N(C)C(C)C)c3C2)c(OC)c1. The molecule has 1 aliphatic rings. The van der Waals surface area contributed by atoms with Crippen molar-refractivity contribution in [3.8, 4) is 22.9 Å². The van der Waals surface area contributed by atoms with Gasteiger partial charge in [0, 0.05) is 43.2 Å². The zero-order valence-corrected chi connectivity index (χ0v) is 19.8. The van der Waals surface area contributed by atoms with Crippen molar-refractivity contribution in [3.63, 3.8) is 0 Å². The van der Waals surface area contributed by atoms with Crippen LogP contribution in [-0.4, -0.2) is 54.6 Å². The Morgan fingerprint density at radius 2 is 1.82 bits per heavy atom. The van der Waals surface area contributed by atoms with Crippen molar-refractivity contribution in [2.75, 3.05) is 32.7 Å². The summed E-state index contributed by atoms with van der Waals surface area (Å²) >= 11 is 0. The number of rotatable bonds is 6. The zero-order chi connectivity index (χ0) is 23.5. The molecule has 33 heavy (non-hydrogen) atoms. The van der Waals surface area contributed by atoms with Gasteiger partial charge in [-0.3, -0.25) is 4.79 Å². The lowest BCUT2D eigenvalue weighted by atomic mass is 10.0. The largest absolute Gasteiger partial charge is 0.497 e. The molecular weight excluding hydrogens is 416 g/mol. The minimum Gasteiger partial charge on any atom is -0.497 e. The van der Waals surface area contributed by atoms with Gasteiger partial charge in [-0.25, -0.2) is 9.97 Å². The summed E-state index contributed by atoms with van der Waals surface area (Å²) in [6.45, 7) is 5.29. The number of aromatic nitrogens is 2. The first-order chi connectivity index (χ1) is 15.9. The summed E-state index contributed by atoms with van der Waals surface area (Å²) in [6.07, 6.45) is 0.667. The lowest BCUT2D eigenvalue weighted by molar-refractivity contribution is 0.0730. The van der Waals surface area contributed by atoms with Crippen LogP contribution in [0.4, 0.5) is 5.82 Å². The highest BCUT2D eigenvalue weighted by Gasteiger charge is 2.29. The fraction of sp³-hybridized carbons (Fsp3) is 0.346. The second-order valence-corrected chi connectivity index (χ2v) is 8.41. The number of hydrogen-bond acceptors (Lipinski definition) is 6. The summed E-state index contributed by atoms with van der Waals surface area (Å²) in [4.78, 5) is 27.3. The lowest BCUT2D eigenvalue weighted by Crippen LogP contribution is -2.38. The van der Waals surface area contributed by atoms with Gasteiger partial charge in [0.1, 0.15) is 17.3 Å². The van der Waals surface area contributed by atoms with Gasteiger partial charge in [-0.05, 0) is 26.0 Å². The van der Waals surface area contributed by atoms with Crippen LogP contribution in [0.5, 0.6) is 11.5 Å². The molecule has 1 amide bonds. The van der Waals surface area contributed by atoms with E-state index in [1.54, 1.807) is 32.4 Å². The smallest absolute Gasteiger partial charge is 0.257 e. The van der Waals surface area contributed by atoms with Crippen LogP contribution >= 0.6 is 0 Å². The van der Waals surface area contributed by atoms with E-state index in [1.165, 1.54) is 0 Å². The Balaban J connectivity index is 1.71. The normalized spacial score (nSPS) is 13.0. The van der Waals surface area contributed by atoms with Crippen LogP contribution in [0.15, 0.2) is 48.5 Å². The summed E-state index contributed by atoms with van der Waals surface area (Å²) in [5.41, 5.74) is 3.50. The van der Waals surface area contributed by atoms with E-state index in [4.69, 9.17) is 19.4 Å². The number of hydrogen-bond donors (Lipinski definition) is 0. The van der Waals surface area contributed by atoms with Crippen LogP contribution < -0.4 is 14.4 Å². The Hall–Kier alpha value is -3.61. The van der Waals surface area contributed by atoms with E-state index >= 15 is 0 Å². The fourth-order valence-corrected chi connectivity index (χ4v) is 3.97. The van der Waals surface area contributed by atoms with Gasteiger partial charge in [-0.15, -0.1) is 0 Å². The minimum atomic E-state index is -0.0783. The molecule has 0 saturated carbocycles. The van der Waals surface area contributed by atoms with E-state index in [0.717, 1.165) is 22.6 Å². The van der Waals surface area contributed by atoms with Gasteiger partial charge in [0.2, 0.25) is 0 Å². The zero-order valence-electron chi connectivity index (χ0n) is 19.8. The Morgan fingerprint density at radius 3 is 2.48 bits per heavy atom. The minimum absolute atomic E-state index is 0.0783. The molecular formula is C26H30N4O3. The van der Waals surface area contributed by atoms with Crippen LogP contribution in [0.2, 0.25) is 0 Å². The molecule has 0 aliphatic carbocycles. The number of fused-ring (bicyclic) bond motifs is 1. The van der Waals surface area contributed by atoms with Crippen LogP contribution in [0.1, 0.15) is 35.5 Å². The number of carbonyl (C=O) groups is 1. The van der Waals surface area contributed by atoms with Crippen LogP contribution in [0.25, 0.3) is 11.4 Å². The van der Waals surface area contributed by atoms with E-state index in [-0.39, 0.29) is 11.9 Å². The maximum atomic E-state index is 13.4. The van der Waals surface area contributed by atoms with Crippen molar-refractivity contribution in [2.24, 2.45) is 0 Å². The summed E-state index contributed by atoms with van der Waals surface area (Å²) < 4.78 is 10.7. The van der Waals surface area contributed by atoms with Gasteiger partial charge in [-0.2, -0.15) is 0 Å². The molecule has 4 rings (SSSR count). The summed E-state index contributed by atoms with van der Waals surface area (Å²) in [7, 11) is 5.19. The van der Waals surface area contributed by atoms with Gasteiger partial charge in [-0.1, -0.05) is 30.3 Å². The Kier molecular flexibility index (Phi) is 6.49. The summed E-state index contributed by atoms with van der Waals surface area (Å²) in [6, 6.07) is 15.5. The second-order valence-electron chi connectivity index (χ2n) is 8.41. The van der Waals surface area contributed by atoms with E-state index in [9.17, 15) is 4.79 Å². The van der Waals surface area contributed by atoms with Crippen LogP contribution in [-0.2, 0) is 13.0 Å². The van der Waals surface area contributed by atoms with Crippen molar-refractivity contribution in [1.29, 1.82) is 0 Å². The van der Waals surface area contributed by atoms with E-state index in [1.807, 2.05) is 42.3 Å². The second kappa shape index (κ2) is 9.48. The number of benzene rings is 2. The topological polar surface area (TPSA) is 67.8 Å². The molecule has 172 valence electrons. The van der Waals surface area contributed by atoms with Crippen molar-refractivity contribution >= 4 is 11.7 Å². The molecule has 2 aromatic carbocycles. The van der Waals surface area contributed by atoms with E-state index in [0.29, 0.717) is 42.4 Å². The molecule has 3 aromatic rings. The average Bonchev–Trinajstić information content (AvgIpc) is 2.86. The Bertz CT molecular complexity index is 1150. The first-order valence-electron chi connectivity index (χ1n) is 11.1. The van der Waals surface area contributed by atoms with Gasteiger partial charge >= 0.3 is 0 Å². The number of nitrogens with zero attached hydrogens (tertiary/aromatic N) is 4. The predicted molar refractivity (Wildman–Crippen MR) is 129 cm³/mol. The first-order valence-corrected chi connectivity index (χ1v) is 11.1. The number of ether oxygens (including phenoxy) is 2. The quantitative estimate of drug-likeness (QED) is 0.565. The monoisotopic (exact) mass is 446 g/mol. The van der Waals surface area contributed by atoms with Crippen molar-refractivity contribution in [3.05, 3.63) is 65.4 Å². The van der Waals surface area contributed by atoms with Gasteiger partial charge in [0.25, 0.3) is 5.91 Å². The third kappa shape index (κ3) is 4.49.